The predicted octanol–water partition coefficient (Wildman–Crippen LogP) is 5.33. The van der Waals surface area contributed by atoms with Gasteiger partial charge in [0.25, 0.3) is 0 Å². The number of unbranched alkanes of at least 4 members (excludes halogenated alkanes) is 4. The molecule has 0 heterocycles. The molecular weight excluding hydrogens is 304 g/mol. The van der Waals surface area contributed by atoms with Gasteiger partial charge in [-0.15, -0.1) is 0 Å². The molecule has 0 aromatic carbocycles. The van der Waals surface area contributed by atoms with Crippen LogP contribution in [0.15, 0.2) is 23.5 Å². The summed E-state index contributed by atoms with van der Waals surface area (Å²) in [4.78, 5) is 23.6. The van der Waals surface area contributed by atoms with Gasteiger partial charge < -0.3 is 9.47 Å². The number of carbonyl (C=O) groups is 2. The summed E-state index contributed by atoms with van der Waals surface area (Å²) in [6.45, 7) is 13.3. The molecule has 0 amide bonds. The monoisotopic (exact) mass is 338 g/mol. The molecule has 0 aromatic rings. The molecule has 0 N–H and O–H groups in total. The van der Waals surface area contributed by atoms with Gasteiger partial charge in [-0.1, -0.05) is 52.5 Å². The Hall–Kier alpha value is -1.58. The average Bonchev–Trinajstić information content (AvgIpc) is 2.51. The van der Waals surface area contributed by atoms with E-state index in [0.29, 0.717) is 29.9 Å². The summed E-state index contributed by atoms with van der Waals surface area (Å²) in [5.74, 6) is 0.237. The van der Waals surface area contributed by atoms with Crippen LogP contribution in [0.25, 0.3) is 0 Å². The Morgan fingerprint density at radius 2 is 1.54 bits per heavy atom. The number of carbonyl (C=O) groups excluding carboxylic acids is 2. The van der Waals surface area contributed by atoms with Crippen LogP contribution in [0.1, 0.15) is 79.6 Å². The van der Waals surface area contributed by atoms with E-state index >= 15 is 0 Å². The molecule has 0 radical (unpaired) electrons. The normalized spacial score (nSPS) is 11.9. The van der Waals surface area contributed by atoms with Crippen molar-refractivity contribution in [2.45, 2.75) is 79.6 Å². The van der Waals surface area contributed by atoms with Crippen molar-refractivity contribution in [2.24, 2.45) is 5.92 Å². The first-order valence-corrected chi connectivity index (χ1v) is 9.04. The summed E-state index contributed by atoms with van der Waals surface area (Å²) in [5, 5.41) is 0. The Balaban J connectivity index is 4.51. The van der Waals surface area contributed by atoms with Crippen molar-refractivity contribution in [3.8, 4) is 0 Å². The standard InChI is InChI=1S/C20H34O4/c1-7-23-20(22)17(6)18(24-19(21)16(4)5)14-12-10-8-9-11-13-15(2)3/h15H,4,7-14H2,1-3,5-6H3. The molecule has 0 aliphatic rings. The number of ether oxygens (including phenoxy) is 2. The predicted molar refractivity (Wildman–Crippen MR) is 97.4 cm³/mol. The summed E-state index contributed by atoms with van der Waals surface area (Å²) in [6, 6.07) is 0. The molecule has 138 valence electrons. The molecule has 0 bridgehead atoms. The highest BCUT2D eigenvalue weighted by Gasteiger charge is 2.16. The van der Waals surface area contributed by atoms with Crippen molar-refractivity contribution in [2.75, 3.05) is 6.61 Å². The molecule has 0 unspecified atom stereocenters. The van der Waals surface area contributed by atoms with Crippen LogP contribution in [0.5, 0.6) is 0 Å². The maximum absolute atomic E-state index is 11.9. The molecule has 4 heteroatoms. The van der Waals surface area contributed by atoms with E-state index in [1.54, 1.807) is 20.8 Å². The van der Waals surface area contributed by atoms with Crippen LogP contribution in [0.3, 0.4) is 0 Å². The van der Waals surface area contributed by atoms with Crippen molar-refractivity contribution in [1.82, 2.24) is 0 Å². The summed E-state index contributed by atoms with van der Waals surface area (Å²) in [6.07, 6.45) is 7.41. The minimum Gasteiger partial charge on any atom is -0.463 e. The molecule has 0 saturated heterocycles. The van der Waals surface area contributed by atoms with Gasteiger partial charge in [0.15, 0.2) is 0 Å². The number of allylic oxidation sites excluding steroid dienone is 1. The van der Waals surface area contributed by atoms with Crippen LogP contribution in [-0.2, 0) is 19.1 Å². The minimum absolute atomic E-state index is 0.299. The zero-order chi connectivity index (χ0) is 18.5. The highest BCUT2D eigenvalue weighted by molar-refractivity contribution is 5.91. The van der Waals surface area contributed by atoms with Crippen molar-refractivity contribution < 1.29 is 19.1 Å². The van der Waals surface area contributed by atoms with E-state index in [4.69, 9.17) is 9.47 Å². The lowest BCUT2D eigenvalue weighted by Gasteiger charge is -2.12. The number of rotatable bonds is 12. The lowest BCUT2D eigenvalue weighted by molar-refractivity contribution is -0.139. The third kappa shape index (κ3) is 10.2. The molecule has 0 atom stereocenters. The second-order valence-electron chi connectivity index (χ2n) is 6.64. The zero-order valence-corrected chi connectivity index (χ0v) is 16.1. The van der Waals surface area contributed by atoms with Crippen molar-refractivity contribution in [1.29, 1.82) is 0 Å². The maximum atomic E-state index is 11.9. The fourth-order valence-electron chi connectivity index (χ4n) is 2.24. The Labute approximate surface area is 147 Å². The summed E-state index contributed by atoms with van der Waals surface area (Å²) in [5.41, 5.74) is 0.684. The first-order valence-electron chi connectivity index (χ1n) is 9.04. The molecule has 0 aliphatic carbocycles. The lowest BCUT2D eigenvalue weighted by Crippen LogP contribution is -2.13. The van der Waals surface area contributed by atoms with Gasteiger partial charge in [-0.2, -0.15) is 0 Å². The molecule has 0 fully saturated rings. The van der Waals surface area contributed by atoms with E-state index in [1.807, 2.05) is 0 Å². The Morgan fingerprint density at radius 1 is 0.958 bits per heavy atom. The highest BCUT2D eigenvalue weighted by Crippen LogP contribution is 2.19. The summed E-state index contributed by atoms with van der Waals surface area (Å²) < 4.78 is 10.3. The van der Waals surface area contributed by atoms with Crippen molar-refractivity contribution >= 4 is 11.9 Å². The summed E-state index contributed by atoms with van der Waals surface area (Å²) in [7, 11) is 0. The first kappa shape index (κ1) is 22.4. The van der Waals surface area contributed by atoms with Gasteiger partial charge in [-0.05, 0) is 33.1 Å². The Morgan fingerprint density at radius 3 is 2.08 bits per heavy atom. The Bertz CT molecular complexity index is 447. The van der Waals surface area contributed by atoms with E-state index < -0.39 is 11.9 Å². The van der Waals surface area contributed by atoms with Crippen molar-refractivity contribution in [3.05, 3.63) is 23.5 Å². The minimum atomic E-state index is -0.495. The van der Waals surface area contributed by atoms with Crippen molar-refractivity contribution in [3.63, 3.8) is 0 Å². The van der Waals surface area contributed by atoms with E-state index in [1.165, 1.54) is 19.3 Å². The largest absolute Gasteiger partial charge is 0.463 e. The molecule has 0 aromatic heterocycles. The van der Waals surface area contributed by atoms with E-state index in [2.05, 4.69) is 20.4 Å². The SMILES string of the molecule is C=C(C)C(=O)OC(CCCCCCCC(C)C)=C(C)C(=O)OCC. The fraction of sp³-hybridized carbons (Fsp3) is 0.700. The van der Waals surface area contributed by atoms with Crippen LogP contribution >= 0.6 is 0 Å². The average molecular weight is 338 g/mol. The topological polar surface area (TPSA) is 52.6 Å². The van der Waals surface area contributed by atoms with E-state index in [9.17, 15) is 9.59 Å². The van der Waals surface area contributed by atoms with E-state index in [0.717, 1.165) is 25.2 Å². The third-order valence-corrected chi connectivity index (χ3v) is 3.75. The maximum Gasteiger partial charge on any atom is 0.338 e. The quantitative estimate of drug-likeness (QED) is 0.209. The number of esters is 2. The van der Waals surface area contributed by atoms with Gasteiger partial charge in [0, 0.05) is 12.0 Å². The van der Waals surface area contributed by atoms with E-state index in [-0.39, 0.29) is 0 Å². The van der Waals surface area contributed by atoms with Gasteiger partial charge in [0.05, 0.1) is 12.2 Å². The molecular formula is C20H34O4. The van der Waals surface area contributed by atoms with Crippen LogP contribution in [0.4, 0.5) is 0 Å². The Kier molecular flexibility index (Phi) is 12.0. The molecule has 0 rings (SSSR count). The summed E-state index contributed by atoms with van der Waals surface area (Å²) >= 11 is 0. The van der Waals surface area contributed by atoms with Crippen LogP contribution in [-0.4, -0.2) is 18.5 Å². The first-order chi connectivity index (χ1) is 11.3. The number of hydrogen-bond donors (Lipinski definition) is 0. The van der Waals surface area contributed by atoms with Gasteiger partial charge >= 0.3 is 11.9 Å². The van der Waals surface area contributed by atoms with Crippen LogP contribution < -0.4 is 0 Å². The van der Waals surface area contributed by atoms with Gasteiger partial charge in [0.1, 0.15) is 5.76 Å². The van der Waals surface area contributed by atoms with Gasteiger partial charge in [0.2, 0.25) is 0 Å². The number of hydrogen-bond acceptors (Lipinski definition) is 4. The highest BCUT2D eigenvalue weighted by atomic mass is 16.5. The molecule has 4 nitrogen and oxygen atoms in total. The molecule has 0 spiro atoms. The van der Waals surface area contributed by atoms with Crippen LogP contribution in [0.2, 0.25) is 0 Å². The lowest BCUT2D eigenvalue weighted by atomic mass is 10.0. The smallest absolute Gasteiger partial charge is 0.338 e. The second-order valence-corrected chi connectivity index (χ2v) is 6.64. The molecule has 24 heavy (non-hydrogen) atoms. The molecule has 0 aliphatic heterocycles. The fourth-order valence-corrected chi connectivity index (χ4v) is 2.24. The second kappa shape index (κ2) is 12.8. The van der Waals surface area contributed by atoms with Gasteiger partial charge in [-0.3, -0.25) is 0 Å². The third-order valence-electron chi connectivity index (χ3n) is 3.75. The molecule has 0 saturated carbocycles. The van der Waals surface area contributed by atoms with Crippen LogP contribution in [0, 0.1) is 5.92 Å². The zero-order valence-electron chi connectivity index (χ0n) is 16.1. The van der Waals surface area contributed by atoms with Gasteiger partial charge in [-0.25, -0.2) is 9.59 Å².